The van der Waals surface area contributed by atoms with Crippen molar-refractivity contribution in [3.63, 3.8) is 0 Å². The summed E-state index contributed by atoms with van der Waals surface area (Å²) in [5.74, 6) is -2.16. The van der Waals surface area contributed by atoms with E-state index in [9.17, 15) is 22.8 Å². The van der Waals surface area contributed by atoms with Crippen LogP contribution in [0.1, 0.15) is 39.8 Å². The summed E-state index contributed by atoms with van der Waals surface area (Å²) in [6, 6.07) is 0.553. The molecule has 2 aromatic rings. The molecule has 1 fully saturated rings. The van der Waals surface area contributed by atoms with Gasteiger partial charge in [-0.2, -0.15) is 13.2 Å². The molecule has 0 aliphatic carbocycles. The van der Waals surface area contributed by atoms with Crippen LogP contribution in [0.15, 0.2) is 12.3 Å². The van der Waals surface area contributed by atoms with E-state index in [1.807, 2.05) is 0 Å². The number of alkyl halides is 3. The minimum absolute atomic E-state index is 0.0185. The number of amides is 1. The molecule has 0 radical (unpaired) electrons. The smallest absolute Gasteiger partial charge is 0.361 e. The number of carbonyl (C=O) groups is 2. The normalized spacial score (nSPS) is 25.2. The molecule has 0 N–H and O–H groups in total. The van der Waals surface area contributed by atoms with Crippen LogP contribution in [0, 0.1) is 0 Å². The van der Waals surface area contributed by atoms with Gasteiger partial charge in [-0.05, 0) is 12.5 Å². The number of aryl methyl sites for hydroxylation is 1. The zero-order valence-corrected chi connectivity index (χ0v) is 16.1. The van der Waals surface area contributed by atoms with Crippen LogP contribution in [-0.4, -0.2) is 50.9 Å². The number of halogens is 4. The molecule has 4 rings (SSSR count). The number of thiophene rings is 1. The number of fused-ring (bicyclic) bond motifs is 2. The second-order valence-electron chi connectivity index (χ2n) is 6.78. The number of ketones is 1. The number of rotatable bonds is 1. The Morgan fingerprint density at radius 2 is 2.21 bits per heavy atom. The largest absolute Gasteiger partial charge is 0.471 e. The van der Waals surface area contributed by atoms with E-state index >= 15 is 0 Å². The van der Waals surface area contributed by atoms with Crippen LogP contribution in [0.3, 0.4) is 0 Å². The topological polar surface area (TPSA) is 77.3 Å². The van der Waals surface area contributed by atoms with Gasteiger partial charge >= 0.3 is 12.1 Å². The maximum absolute atomic E-state index is 13.1. The average Bonchev–Trinajstić information content (AvgIpc) is 3.24. The van der Waals surface area contributed by atoms with E-state index in [4.69, 9.17) is 16.3 Å². The lowest BCUT2D eigenvalue weighted by Crippen LogP contribution is -2.53. The molecule has 12 heteroatoms. The average molecular weight is 435 g/mol. The first-order valence-corrected chi connectivity index (χ1v) is 9.51. The molecular weight excluding hydrogens is 421 g/mol. The molecular formula is C16H14ClF3N4O3S. The second kappa shape index (κ2) is 6.53. The van der Waals surface area contributed by atoms with Gasteiger partial charge in [0.25, 0.3) is 0 Å². The van der Waals surface area contributed by atoms with Gasteiger partial charge < -0.3 is 9.64 Å². The summed E-state index contributed by atoms with van der Waals surface area (Å²) in [7, 11) is 1.58. The van der Waals surface area contributed by atoms with Crippen LogP contribution in [0.25, 0.3) is 0 Å². The summed E-state index contributed by atoms with van der Waals surface area (Å²) in [6.07, 6.45) is -3.41. The van der Waals surface area contributed by atoms with Crippen LogP contribution >= 0.6 is 22.9 Å². The number of aromatic nitrogens is 3. The molecule has 150 valence electrons. The molecule has 1 amide bonds. The zero-order valence-electron chi connectivity index (χ0n) is 14.5. The highest BCUT2D eigenvalue weighted by molar-refractivity contribution is 7.16. The monoisotopic (exact) mass is 434 g/mol. The first kappa shape index (κ1) is 19.3. The van der Waals surface area contributed by atoms with Crippen LogP contribution in [0.2, 0.25) is 4.34 Å². The molecule has 2 atom stereocenters. The van der Waals surface area contributed by atoms with Crippen LogP contribution in [0.4, 0.5) is 13.2 Å². The Bertz CT molecular complexity index is 959. The standard InChI is InChI=1S/C16H14ClF3N4O3S/c1-23-6-9(21-22-23)10-5-15(2-3-24(10)14(26)16(18,19)20)13-8(4-12(17)28-13)11(25)7-27-15/h4,6,10H,2-3,5,7H2,1H3/t10-,15-/m0/s1. The van der Waals surface area contributed by atoms with Gasteiger partial charge in [0.05, 0.1) is 16.6 Å². The lowest BCUT2D eigenvalue weighted by atomic mass is 9.80. The number of hydrogen-bond acceptors (Lipinski definition) is 6. The van der Waals surface area contributed by atoms with Crippen LogP contribution < -0.4 is 0 Å². The highest BCUT2D eigenvalue weighted by atomic mass is 35.5. The van der Waals surface area contributed by atoms with Crippen molar-refractivity contribution in [3.05, 3.63) is 32.7 Å². The SMILES string of the molecule is Cn1cc([C@@H]2C[C@]3(CCN2C(=O)C(F)(F)F)OCC(=O)c2cc(Cl)sc23)nn1. The summed E-state index contributed by atoms with van der Waals surface area (Å²) in [5.41, 5.74) is -0.357. The molecule has 0 bridgehead atoms. The van der Waals surface area contributed by atoms with Gasteiger partial charge in [0, 0.05) is 30.5 Å². The predicted octanol–water partition coefficient (Wildman–Crippen LogP) is 2.86. The maximum Gasteiger partial charge on any atom is 0.471 e. The van der Waals surface area contributed by atoms with Crippen molar-refractivity contribution >= 4 is 34.6 Å². The summed E-state index contributed by atoms with van der Waals surface area (Å²) < 4.78 is 47.0. The van der Waals surface area contributed by atoms with Gasteiger partial charge in [0.1, 0.15) is 17.9 Å². The number of nitrogens with zero attached hydrogens (tertiary/aromatic N) is 4. The number of likely N-dealkylation sites (tertiary alicyclic amines) is 1. The Morgan fingerprint density at radius 1 is 1.46 bits per heavy atom. The van der Waals surface area contributed by atoms with Gasteiger partial charge in [-0.25, -0.2) is 0 Å². The van der Waals surface area contributed by atoms with Gasteiger partial charge in [-0.3, -0.25) is 14.3 Å². The van der Waals surface area contributed by atoms with Crippen molar-refractivity contribution in [2.24, 2.45) is 7.05 Å². The minimum atomic E-state index is -5.01. The maximum atomic E-state index is 13.1. The quantitative estimate of drug-likeness (QED) is 0.689. The van der Waals surface area contributed by atoms with Gasteiger partial charge in [0.2, 0.25) is 0 Å². The third-order valence-corrected chi connectivity index (χ3v) is 6.47. The molecule has 2 aliphatic rings. The van der Waals surface area contributed by atoms with E-state index in [-0.39, 0.29) is 37.5 Å². The Labute approximate surface area is 166 Å². The van der Waals surface area contributed by atoms with E-state index in [1.54, 1.807) is 13.1 Å². The summed E-state index contributed by atoms with van der Waals surface area (Å²) >= 11 is 7.26. The van der Waals surface area contributed by atoms with E-state index in [0.717, 1.165) is 4.90 Å². The Kier molecular flexibility index (Phi) is 4.51. The predicted molar refractivity (Wildman–Crippen MR) is 92.0 cm³/mol. The highest BCUT2D eigenvalue weighted by Gasteiger charge is 2.53. The number of carbonyl (C=O) groups excluding carboxylic acids is 2. The summed E-state index contributed by atoms with van der Waals surface area (Å²) in [6.45, 7) is -0.400. The molecule has 1 saturated heterocycles. The number of hydrogen-bond donors (Lipinski definition) is 0. The number of piperidine rings is 1. The molecule has 28 heavy (non-hydrogen) atoms. The molecule has 7 nitrogen and oxygen atoms in total. The van der Waals surface area contributed by atoms with E-state index in [0.29, 0.717) is 14.8 Å². The highest BCUT2D eigenvalue weighted by Crippen LogP contribution is 2.51. The molecule has 2 aliphatic heterocycles. The fourth-order valence-electron chi connectivity index (χ4n) is 3.76. The van der Waals surface area contributed by atoms with Crippen molar-refractivity contribution in [2.75, 3.05) is 13.2 Å². The molecule has 2 aromatic heterocycles. The van der Waals surface area contributed by atoms with E-state index in [2.05, 4.69) is 10.3 Å². The van der Waals surface area contributed by atoms with Gasteiger partial charge in [-0.1, -0.05) is 16.8 Å². The first-order chi connectivity index (χ1) is 13.1. The Balaban J connectivity index is 1.76. The molecule has 4 heterocycles. The zero-order chi connectivity index (χ0) is 20.3. The van der Waals surface area contributed by atoms with Crippen LogP contribution in [0.5, 0.6) is 0 Å². The lowest BCUT2D eigenvalue weighted by Gasteiger charge is -2.47. The van der Waals surface area contributed by atoms with Crippen molar-refractivity contribution < 1.29 is 27.5 Å². The fraction of sp³-hybridized carbons (Fsp3) is 0.500. The molecule has 0 unspecified atom stereocenters. The third kappa shape index (κ3) is 3.11. The summed E-state index contributed by atoms with van der Waals surface area (Å²) in [4.78, 5) is 25.5. The van der Waals surface area contributed by atoms with Crippen molar-refractivity contribution in [1.29, 1.82) is 0 Å². The van der Waals surface area contributed by atoms with Gasteiger partial charge in [0.15, 0.2) is 5.78 Å². The Morgan fingerprint density at radius 3 is 2.86 bits per heavy atom. The number of Topliss-reactive ketones (excluding diaryl/α,β-unsaturated/α-hetero) is 1. The minimum Gasteiger partial charge on any atom is -0.361 e. The van der Waals surface area contributed by atoms with E-state index < -0.39 is 23.7 Å². The second-order valence-corrected chi connectivity index (χ2v) is 8.47. The Hall–Kier alpha value is -1.98. The first-order valence-electron chi connectivity index (χ1n) is 8.32. The van der Waals surface area contributed by atoms with E-state index in [1.165, 1.54) is 22.2 Å². The number of ether oxygens (including phenoxy) is 1. The fourth-order valence-corrected chi connectivity index (χ4v) is 5.19. The molecule has 0 aromatic carbocycles. The van der Waals surface area contributed by atoms with Crippen LogP contribution in [-0.2, 0) is 22.2 Å². The lowest BCUT2D eigenvalue weighted by molar-refractivity contribution is -0.195. The molecule has 0 saturated carbocycles. The van der Waals surface area contributed by atoms with Crippen molar-refractivity contribution in [2.45, 2.75) is 30.7 Å². The van der Waals surface area contributed by atoms with Crippen molar-refractivity contribution in [1.82, 2.24) is 19.9 Å². The van der Waals surface area contributed by atoms with Crippen molar-refractivity contribution in [3.8, 4) is 0 Å². The summed E-state index contributed by atoms with van der Waals surface area (Å²) in [5, 5.41) is 7.69. The molecule has 1 spiro atoms. The third-order valence-electron chi connectivity index (χ3n) is 5.02. The van der Waals surface area contributed by atoms with Gasteiger partial charge in [-0.15, -0.1) is 16.4 Å².